The van der Waals surface area contributed by atoms with Crippen LogP contribution in [0.2, 0.25) is 0 Å². The zero-order valence-corrected chi connectivity index (χ0v) is 13.2. The number of ether oxygens (including phenoxy) is 1. The molecular weight excluding hydrogens is 290 g/mol. The van der Waals surface area contributed by atoms with Crippen LogP contribution in [0.25, 0.3) is 11.1 Å². The molecule has 1 aromatic heterocycles. The third kappa shape index (κ3) is 4.20. The molecule has 0 aliphatic carbocycles. The molecule has 0 saturated heterocycles. The molecule has 0 fully saturated rings. The Hall–Kier alpha value is -2.10. The van der Waals surface area contributed by atoms with Crippen LogP contribution in [0.15, 0.2) is 72.1 Å². The van der Waals surface area contributed by atoms with Gasteiger partial charge >= 0.3 is 0 Å². The van der Waals surface area contributed by atoms with Crippen molar-refractivity contribution in [1.82, 2.24) is 5.32 Å². The van der Waals surface area contributed by atoms with Gasteiger partial charge in [0.15, 0.2) is 0 Å². The molecule has 0 radical (unpaired) electrons. The first-order chi connectivity index (χ1) is 10.9. The lowest BCUT2D eigenvalue weighted by Gasteiger charge is -2.08. The molecule has 0 spiro atoms. The molecule has 112 valence electrons. The molecule has 1 heterocycles. The Bertz CT molecular complexity index is 662. The highest BCUT2D eigenvalue weighted by Crippen LogP contribution is 2.21. The van der Waals surface area contributed by atoms with Crippen LogP contribution < -0.4 is 10.1 Å². The van der Waals surface area contributed by atoms with Crippen molar-refractivity contribution in [3.8, 4) is 16.9 Å². The normalized spacial score (nSPS) is 10.5. The fraction of sp³-hybridized carbons (Fsp3) is 0.158. The Morgan fingerprint density at radius 2 is 1.59 bits per heavy atom. The molecule has 0 saturated carbocycles. The number of hydrogen-bond donors (Lipinski definition) is 1. The number of thiophene rings is 1. The van der Waals surface area contributed by atoms with Gasteiger partial charge in [0, 0.05) is 18.0 Å². The van der Waals surface area contributed by atoms with Crippen LogP contribution in [0.3, 0.4) is 0 Å². The van der Waals surface area contributed by atoms with E-state index in [2.05, 4.69) is 59.2 Å². The van der Waals surface area contributed by atoms with E-state index in [1.165, 1.54) is 16.0 Å². The van der Waals surface area contributed by atoms with Gasteiger partial charge in [-0.3, -0.25) is 0 Å². The Morgan fingerprint density at radius 1 is 0.818 bits per heavy atom. The predicted octanol–water partition coefficient (Wildman–Crippen LogP) is 4.58. The van der Waals surface area contributed by atoms with E-state index in [9.17, 15) is 0 Å². The van der Waals surface area contributed by atoms with Crippen LogP contribution in [0, 0.1) is 0 Å². The van der Waals surface area contributed by atoms with E-state index in [0.29, 0.717) is 6.61 Å². The summed E-state index contributed by atoms with van der Waals surface area (Å²) in [6.07, 6.45) is 0. The molecule has 3 aromatic rings. The molecule has 0 aliphatic heterocycles. The van der Waals surface area contributed by atoms with Crippen LogP contribution in [0.4, 0.5) is 0 Å². The molecule has 0 amide bonds. The second kappa shape index (κ2) is 7.78. The second-order valence-corrected chi connectivity index (χ2v) is 6.03. The maximum absolute atomic E-state index is 5.76. The molecule has 0 bridgehead atoms. The van der Waals surface area contributed by atoms with Gasteiger partial charge in [0.25, 0.3) is 0 Å². The molecule has 0 aliphatic rings. The minimum Gasteiger partial charge on any atom is -0.492 e. The zero-order valence-electron chi connectivity index (χ0n) is 12.4. The van der Waals surface area contributed by atoms with Gasteiger partial charge in [0.2, 0.25) is 0 Å². The summed E-state index contributed by atoms with van der Waals surface area (Å²) in [7, 11) is 0. The van der Waals surface area contributed by atoms with E-state index in [1.54, 1.807) is 11.3 Å². The lowest BCUT2D eigenvalue weighted by Crippen LogP contribution is -2.20. The first-order valence-corrected chi connectivity index (χ1v) is 8.31. The molecule has 0 atom stereocenters. The Morgan fingerprint density at radius 3 is 2.32 bits per heavy atom. The predicted molar refractivity (Wildman–Crippen MR) is 93.4 cm³/mol. The van der Waals surface area contributed by atoms with E-state index in [1.807, 2.05) is 18.2 Å². The molecule has 0 unspecified atom stereocenters. The lowest BCUT2D eigenvalue weighted by atomic mass is 10.1. The van der Waals surface area contributed by atoms with E-state index in [-0.39, 0.29) is 0 Å². The minimum atomic E-state index is 0.677. The van der Waals surface area contributed by atoms with Crippen molar-refractivity contribution in [1.29, 1.82) is 0 Å². The van der Waals surface area contributed by atoms with Crippen LogP contribution in [0.5, 0.6) is 5.75 Å². The average molecular weight is 309 g/mol. The first kappa shape index (κ1) is 14.8. The fourth-order valence-corrected chi connectivity index (χ4v) is 2.91. The van der Waals surface area contributed by atoms with Crippen molar-refractivity contribution >= 4 is 11.3 Å². The standard InChI is InChI=1S/C19H19NOS/c1-2-5-16(6-3-1)17-8-10-18(11-9-17)21-13-12-20-15-19-7-4-14-22-19/h1-11,14,20H,12-13,15H2. The molecule has 2 nitrogen and oxygen atoms in total. The third-order valence-corrected chi connectivity index (χ3v) is 4.26. The van der Waals surface area contributed by atoms with E-state index >= 15 is 0 Å². The number of benzene rings is 2. The maximum Gasteiger partial charge on any atom is 0.119 e. The molecular formula is C19H19NOS. The van der Waals surface area contributed by atoms with Crippen molar-refractivity contribution in [2.24, 2.45) is 0 Å². The van der Waals surface area contributed by atoms with Gasteiger partial charge < -0.3 is 10.1 Å². The van der Waals surface area contributed by atoms with Gasteiger partial charge in [0.1, 0.15) is 12.4 Å². The fourth-order valence-electron chi connectivity index (χ4n) is 2.24. The summed E-state index contributed by atoms with van der Waals surface area (Å²) in [6, 6.07) is 22.8. The van der Waals surface area contributed by atoms with Gasteiger partial charge in [-0.25, -0.2) is 0 Å². The van der Waals surface area contributed by atoms with Crippen LogP contribution in [-0.4, -0.2) is 13.2 Å². The second-order valence-electron chi connectivity index (χ2n) is 5.00. The van der Waals surface area contributed by atoms with Crippen molar-refractivity contribution in [2.45, 2.75) is 6.54 Å². The number of hydrogen-bond acceptors (Lipinski definition) is 3. The quantitative estimate of drug-likeness (QED) is 0.645. The van der Waals surface area contributed by atoms with Crippen molar-refractivity contribution in [2.75, 3.05) is 13.2 Å². The highest BCUT2D eigenvalue weighted by Gasteiger charge is 1.98. The topological polar surface area (TPSA) is 21.3 Å². The first-order valence-electron chi connectivity index (χ1n) is 7.43. The van der Waals surface area contributed by atoms with Gasteiger partial charge in [-0.05, 0) is 34.7 Å². The van der Waals surface area contributed by atoms with Crippen molar-refractivity contribution in [3.05, 3.63) is 77.0 Å². The Labute approximate surface area is 135 Å². The highest BCUT2D eigenvalue weighted by atomic mass is 32.1. The zero-order chi connectivity index (χ0) is 15.0. The highest BCUT2D eigenvalue weighted by molar-refractivity contribution is 7.09. The summed E-state index contributed by atoms with van der Waals surface area (Å²) in [5, 5.41) is 5.48. The minimum absolute atomic E-state index is 0.677. The van der Waals surface area contributed by atoms with E-state index in [0.717, 1.165) is 18.8 Å². The molecule has 1 N–H and O–H groups in total. The van der Waals surface area contributed by atoms with Crippen LogP contribution in [-0.2, 0) is 6.54 Å². The van der Waals surface area contributed by atoms with Gasteiger partial charge in [-0.2, -0.15) is 0 Å². The van der Waals surface area contributed by atoms with E-state index in [4.69, 9.17) is 4.74 Å². The van der Waals surface area contributed by atoms with Gasteiger partial charge in [-0.1, -0.05) is 48.5 Å². The maximum atomic E-state index is 5.76. The van der Waals surface area contributed by atoms with Crippen molar-refractivity contribution < 1.29 is 4.74 Å². The van der Waals surface area contributed by atoms with Crippen LogP contribution in [0.1, 0.15) is 4.88 Å². The summed E-state index contributed by atoms with van der Waals surface area (Å²) in [5.74, 6) is 0.914. The smallest absolute Gasteiger partial charge is 0.119 e. The molecule has 22 heavy (non-hydrogen) atoms. The summed E-state index contributed by atoms with van der Waals surface area (Å²) in [5.41, 5.74) is 2.44. The summed E-state index contributed by atoms with van der Waals surface area (Å²) < 4.78 is 5.76. The summed E-state index contributed by atoms with van der Waals surface area (Å²) in [4.78, 5) is 1.35. The SMILES string of the molecule is c1ccc(-c2ccc(OCCNCc3cccs3)cc2)cc1. The lowest BCUT2D eigenvalue weighted by molar-refractivity contribution is 0.314. The Balaban J connectivity index is 1.43. The van der Waals surface area contributed by atoms with Gasteiger partial charge in [0.05, 0.1) is 0 Å². The average Bonchev–Trinajstić information content (AvgIpc) is 3.09. The van der Waals surface area contributed by atoms with Crippen molar-refractivity contribution in [3.63, 3.8) is 0 Å². The summed E-state index contributed by atoms with van der Waals surface area (Å²) >= 11 is 1.77. The summed E-state index contributed by atoms with van der Waals surface area (Å²) in [6.45, 7) is 2.43. The van der Waals surface area contributed by atoms with E-state index < -0.39 is 0 Å². The monoisotopic (exact) mass is 309 g/mol. The Kier molecular flexibility index (Phi) is 5.24. The van der Waals surface area contributed by atoms with Gasteiger partial charge in [-0.15, -0.1) is 11.3 Å². The molecule has 3 rings (SSSR count). The molecule has 3 heteroatoms. The number of nitrogens with one attached hydrogen (secondary N) is 1. The third-order valence-electron chi connectivity index (χ3n) is 3.39. The van der Waals surface area contributed by atoms with Crippen LogP contribution >= 0.6 is 11.3 Å². The largest absolute Gasteiger partial charge is 0.492 e. The number of rotatable bonds is 7. The molecule has 2 aromatic carbocycles.